The van der Waals surface area contributed by atoms with Gasteiger partial charge in [-0.1, -0.05) is 11.6 Å². The van der Waals surface area contributed by atoms with Crippen LogP contribution in [0.3, 0.4) is 0 Å². The summed E-state index contributed by atoms with van der Waals surface area (Å²) in [5.41, 5.74) is 10.7. The van der Waals surface area contributed by atoms with Gasteiger partial charge in [0.1, 0.15) is 5.75 Å². The minimum atomic E-state index is -1.57. The van der Waals surface area contributed by atoms with Crippen LogP contribution in [-0.2, 0) is 14.4 Å². The van der Waals surface area contributed by atoms with Gasteiger partial charge in [0.15, 0.2) is 12.1 Å². The maximum absolute atomic E-state index is 11.8. The summed E-state index contributed by atoms with van der Waals surface area (Å²) < 4.78 is 5.40. The molecule has 0 aliphatic carbocycles. The van der Waals surface area contributed by atoms with Gasteiger partial charge in [0.05, 0.1) is 0 Å². The Morgan fingerprint density at radius 3 is 2.29 bits per heavy atom. The van der Waals surface area contributed by atoms with Gasteiger partial charge in [0, 0.05) is 5.02 Å². The maximum atomic E-state index is 11.8. The summed E-state index contributed by atoms with van der Waals surface area (Å²) in [5, 5.41) is 2.69. The van der Waals surface area contributed by atoms with E-state index >= 15 is 0 Å². The Labute approximate surface area is 126 Å². The molecule has 1 atom stereocenters. The molecule has 0 radical (unpaired) electrons. The molecule has 1 aromatic carbocycles. The number of carbonyl (C=O) groups excluding carboxylic acids is 3. The maximum Gasteiger partial charge on any atom is 0.261 e. The summed E-state index contributed by atoms with van der Waals surface area (Å²) in [6, 6.07) is 3.31. The lowest BCUT2D eigenvalue weighted by Crippen LogP contribution is -2.54. The monoisotopic (exact) mass is 313 g/mol. The van der Waals surface area contributed by atoms with Crippen LogP contribution in [0.4, 0.5) is 0 Å². The molecule has 114 valence electrons. The van der Waals surface area contributed by atoms with Gasteiger partial charge in [0.2, 0.25) is 11.8 Å². The first-order valence-electron chi connectivity index (χ1n) is 6.04. The molecule has 0 bridgehead atoms. The van der Waals surface area contributed by atoms with Crippen molar-refractivity contribution < 1.29 is 19.1 Å². The Morgan fingerprint density at radius 2 is 1.81 bits per heavy atom. The highest BCUT2D eigenvalue weighted by atomic mass is 35.5. The molecule has 0 spiro atoms. The average molecular weight is 314 g/mol. The minimum absolute atomic E-state index is 0.425. The lowest BCUT2D eigenvalue weighted by molar-refractivity contribution is -0.136. The predicted molar refractivity (Wildman–Crippen MR) is 76.6 cm³/mol. The van der Waals surface area contributed by atoms with E-state index in [0.29, 0.717) is 10.8 Å². The molecule has 3 amide bonds. The molecule has 0 heterocycles. The van der Waals surface area contributed by atoms with Crippen LogP contribution in [0.5, 0.6) is 5.75 Å². The number of halogens is 1. The molecule has 0 saturated carbocycles. The second kappa shape index (κ2) is 6.94. The largest absolute Gasteiger partial charge is 0.481 e. The van der Waals surface area contributed by atoms with Crippen LogP contribution in [0.2, 0.25) is 5.02 Å². The highest BCUT2D eigenvalue weighted by molar-refractivity contribution is 6.31. The van der Waals surface area contributed by atoms with Crippen molar-refractivity contribution in [2.45, 2.75) is 26.0 Å². The van der Waals surface area contributed by atoms with Gasteiger partial charge in [0.25, 0.3) is 5.91 Å². The van der Waals surface area contributed by atoms with Gasteiger partial charge in [-0.3, -0.25) is 14.4 Å². The smallest absolute Gasteiger partial charge is 0.261 e. The standard InChI is InChI=1S/C13H16ClN3O4/c1-6-5-8(3-4-9(6)14)21-7(2)13(20)17-10(11(15)18)12(16)19/h3-5,7,10H,1-2H3,(H2,15,18)(H2,16,19)(H,17,20)/t7-/m0/s1. The summed E-state index contributed by atoms with van der Waals surface area (Å²) in [4.78, 5) is 33.8. The Balaban J connectivity index is 2.72. The van der Waals surface area contributed by atoms with Crippen LogP contribution >= 0.6 is 11.6 Å². The summed E-state index contributed by atoms with van der Waals surface area (Å²) in [6.45, 7) is 3.24. The Hall–Kier alpha value is -2.28. The number of ether oxygens (including phenoxy) is 1. The molecule has 0 unspecified atom stereocenters. The molecule has 1 aromatic rings. The first kappa shape index (κ1) is 16.8. The van der Waals surface area contributed by atoms with Gasteiger partial charge in [-0.2, -0.15) is 0 Å². The van der Waals surface area contributed by atoms with E-state index in [1.54, 1.807) is 25.1 Å². The fraction of sp³-hybridized carbons (Fsp3) is 0.308. The van der Waals surface area contributed by atoms with Crippen LogP contribution in [0.15, 0.2) is 18.2 Å². The zero-order valence-electron chi connectivity index (χ0n) is 11.6. The fourth-order valence-corrected chi connectivity index (χ4v) is 1.61. The predicted octanol–water partition coefficient (Wildman–Crippen LogP) is -0.129. The number of hydrogen-bond acceptors (Lipinski definition) is 4. The van der Waals surface area contributed by atoms with Crippen LogP contribution in [-0.4, -0.2) is 29.9 Å². The number of amides is 3. The van der Waals surface area contributed by atoms with Crippen molar-refractivity contribution in [3.05, 3.63) is 28.8 Å². The third-order valence-corrected chi connectivity index (χ3v) is 3.09. The number of carbonyl (C=O) groups is 3. The van der Waals surface area contributed by atoms with Crippen molar-refractivity contribution >= 4 is 29.3 Å². The van der Waals surface area contributed by atoms with Crippen molar-refractivity contribution in [3.8, 4) is 5.75 Å². The first-order chi connectivity index (χ1) is 9.72. The topological polar surface area (TPSA) is 125 Å². The molecule has 0 aliphatic rings. The lowest BCUT2D eigenvalue weighted by Gasteiger charge is -2.18. The first-order valence-corrected chi connectivity index (χ1v) is 6.42. The Morgan fingerprint density at radius 1 is 1.24 bits per heavy atom. The molecule has 7 nitrogen and oxygen atoms in total. The molecule has 21 heavy (non-hydrogen) atoms. The molecule has 1 rings (SSSR count). The van der Waals surface area contributed by atoms with E-state index in [2.05, 4.69) is 5.32 Å². The zero-order chi connectivity index (χ0) is 16.2. The second-order valence-corrected chi connectivity index (χ2v) is 4.82. The van der Waals surface area contributed by atoms with Crippen LogP contribution in [0.1, 0.15) is 12.5 Å². The number of primary amides is 2. The number of nitrogens with one attached hydrogen (secondary N) is 1. The average Bonchev–Trinajstić information content (AvgIpc) is 2.39. The molecule has 0 fully saturated rings. The highest BCUT2D eigenvalue weighted by Crippen LogP contribution is 2.21. The number of aryl methyl sites for hydroxylation is 1. The van der Waals surface area contributed by atoms with Crippen molar-refractivity contribution in [2.24, 2.45) is 11.5 Å². The third-order valence-electron chi connectivity index (χ3n) is 2.67. The summed E-state index contributed by atoms with van der Waals surface area (Å²) >= 11 is 5.88. The van der Waals surface area contributed by atoms with E-state index in [0.717, 1.165) is 5.56 Å². The number of benzene rings is 1. The highest BCUT2D eigenvalue weighted by Gasteiger charge is 2.26. The molecule has 0 aromatic heterocycles. The van der Waals surface area contributed by atoms with Gasteiger partial charge in [-0.15, -0.1) is 0 Å². The normalized spacial score (nSPS) is 11.8. The van der Waals surface area contributed by atoms with E-state index in [1.165, 1.54) is 6.92 Å². The number of rotatable bonds is 6. The molecular weight excluding hydrogens is 298 g/mol. The zero-order valence-corrected chi connectivity index (χ0v) is 12.3. The van der Waals surface area contributed by atoms with Gasteiger partial charge >= 0.3 is 0 Å². The van der Waals surface area contributed by atoms with Crippen LogP contribution in [0, 0.1) is 6.92 Å². The lowest BCUT2D eigenvalue weighted by atomic mass is 10.2. The Kier molecular flexibility index (Phi) is 5.54. The van der Waals surface area contributed by atoms with Crippen LogP contribution < -0.4 is 21.5 Å². The van der Waals surface area contributed by atoms with Gasteiger partial charge < -0.3 is 21.5 Å². The third kappa shape index (κ3) is 4.64. The van der Waals surface area contributed by atoms with Gasteiger partial charge in [-0.25, -0.2) is 0 Å². The SMILES string of the molecule is Cc1cc(O[C@@H](C)C(=O)NC(C(N)=O)C(N)=O)ccc1Cl. The van der Waals surface area contributed by atoms with Gasteiger partial charge in [-0.05, 0) is 37.6 Å². The van der Waals surface area contributed by atoms with Crippen molar-refractivity contribution in [3.63, 3.8) is 0 Å². The van der Waals surface area contributed by atoms with Crippen molar-refractivity contribution in [1.29, 1.82) is 0 Å². The summed E-state index contributed by atoms with van der Waals surface area (Å²) in [6.07, 6.45) is -0.952. The van der Waals surface area contributed by atoms with Crippen molar-refractivity contribution in [2.75, 3.05) is 0 Å². The molecule has 8 heteroatoms. The Bertz CT molecular complexity index is 563. The molecule has 5 N–H and O–H groups in total. The van der Waals surface area contributed by atoms with Crippen LogP contribution in [0.25, 0.3) is 0 Å². The second-order valence-electron chi connectivity index (χ2n) is 4.42. The van der Waals surface area contributed by atoms with Crippen molar-refractivity contribution in [1.82, 2.24) is 5.32 Å². The minimum Gasteiger partial charge on any atom is -0.481 e. The van der Waals surface area contributed by atoms with E-state index in [9.17, 15) is 14.4 Å². The fourth-order valence-electron chi connectivity index (χ4n) is 1.49. The summed E-state index contributed by atoms with van der Waals surface area (Å²) in [7, 11) is 0. The molecule has 0 aliphatic heterocycles. The number of hydrogen-bond donors (Lipinski definition) is 3. The molecule has 0 saturated heterocycles. The van der Waals surface area contributed by atoms with E-state index < -0.39 is 29.9 Å². The number of nitrogens with two attached hydrogens (primary N) is 2. The molecular formula is C13H16ClN3O4. The summed E-state index contributed by atoms with van der Waals surface area (Å²) in [5.74, 6) is -2.34. The van der Waals surface area contributed by atoms with E-state index in [4.69, 9.17) is 27.8 Å². The quantitative estimate of drug-likeness (QED) is 0.633. The van der Waals surface area contributed by atoms with E-state index in [-0.39, 0.29) is 0 Å². The van der Waals surface area contributed by atoms with E-state index in [1.807, 2.05) is 0 Å².